The van der Waals surface area contributed by atoms with Gasteiger partial charge in [-0.25, -0.2) is 0 Å². The van der Waals surface area contributed by atoms with E-state index in [-0.39, 0.29) is 11.5 Å². The maximum Gasteiger partial charge on any atom is 0.0847 e. The molecule has 1 heterocycles. The molecule has 1 aromatic carbocycles. The molecule has 0 aromatic heterocycles. The number of fused-ring (bicyclic) bond motifs is 1. The molecule has 1 saturated heterocycles. The van der Waals surface area contributed by atoms with Crippen LogP contribution in [0.15, 0.2) is 18.2 Å². The van der Waals surface area contributed by atoms with E-state index in [0.29, 0.717) is 6.10 Å². The van der Waals surface area contributed by atoms with E-state index in [4.69, 9.17) is 16.3 Å². The van der Waals surface area contributed by atoms with Crippen LogP contribution < -0.4 is 0 Å². The van der Waals surface area contributed by atoms with Crippen LogP contribution in [0.1, 0.15) is 54.7 Å². The molecule has 1 aromatic rings. The summed E-state index contributed by atoms with van der Waals surface area (Å²) in [5.41, 5.74) is 4.28. The predicted octanol–water partition coefficient (Wildman–Crippen LogP) is 4.41. The summed E-state index contributed by atoms with van der Waals surface area (Å²) in [4.78, 5) is 0. The van der Waals surface area contributed by atoms with E-state index in [0.717, 1.165) is 12.8 Å². The molecule has 0 N–H and O–H groups in total. The lowest BCUT2D eigenvalue weighted by Crippen LogP contribution is -2.15. The fourth-order valence-corrected chi connectivity index (χ4v) is 3.51. The molecular formula is C16H21ClO. The second-order valence-electron chi connectivity index (χ2n) is 5.70. The van der Waals surface area contributed by atoms with E-state index < -0.39 is 0 Å². The van der Waals surface area contributed by atoms with E-state index in [1.54, 1.807) is 0 Å². The molecule has 1 nitrogen and oxygen atoms in total. The minimum absolute atomic E-state index is 0.0159. The van der Waals surface area contributed by atoms with Crippen molar-refractivity contribution in [1.82, 2.24) is 0 Å². The smallest absolute Gasteiger partial charge is 0.0847 e. The molecule has 0 amide bonds. The molecule has 3 atom stereocenters. The van der Waals surface area contributed by atoms with Gasteiger partial charge in [0.05, 0.1) is 17.6 Å². The number of benzene rings is 1. The Morgan fingerprint density at radius 2 is 1.94 bits per heavy atom. The van der Waals surface area contributed by atoms with Gasteiger partial charge in [0.2, 0.25) is 0 Å². The quantitative estimate of drug-likeness (QED) is 0.719. The van der Waals surface area contributed by atoms with Crippen LogP contribution in [-0.2, 0) is 17.6 Å². The lowest BCUT2D eigenvalue weighted by atomic mass is 9.89. The average Bonchev–Trinajstić information content (AvgIpc) is 2.84. The second-order valence-corrected chi connectivity index (χ2v) is 6.17. The summed E-state index contributed by atoms with van der Waals surface area (Å²) >= 11 is 6.60. The molecule has 98 valence electrons. The Morgan fingerprint density at radius 3 is 2.67 bits per heavy atom. The van der Waals surface area contributed by atoms with Gasteiger partial charge in [0.25, 0.3) is 0 Å². The first kappa shape index (κ1) is 12.5. The number of hydrogen-bond donors (Lipinski definition) is 0. The molecule has 1 aliphatic heterocycles. The Hall–Kier alpha value is -0.530. The average molecular weight is 265 g/mol. The predicted molar refractivity (Wildman–Crippen MR) is 75.2 cm³/mol. The molecule has 2 aliphatic rings. The summed E-state index contributed by atoms with van der Waals surface area (Å²) < 4.78 is 5.89. The van der Waals surface area contributed by atoms with Gasteiger partial charge in [-0.1, -0.05) is 18.2 Å². The van der Waals surface area contributed by atoms with E-state index in [2.05, 4.69) is 25.1 Å². The Kier molecular flexibility index (Phi) is 3.63. The van der Waals surface area contributed by atoms with E-state index in [1.807, 2.05) is 0 Å². The minimum atomic E-state index is 0.0159. The highest BCUT2D eigenvalue weighted by Gasteiger charge is 2.29. The Labute approximate surface area is 114 Å². The molecule has 0 spiro atoms. The topological polar surface area (TPSA) is 9.23 Å². The fourth-order valence-electron chi connectivity index (χ4n) is 3.19. The first-order valence-electron chi connectivity index (χ1n) is 7.15. The van der Waals surface area contributed by atoms with E-state index in [1.165, 1.54) is 42.4 Å². The Bertz CT molecular complexity index is 429. The first-order valence-corrected chi connectivity index (χ1v) is 7.59. The Morgan fingerprint density at radius 1 is 1.17 bits per heavy atom. The van der Waals surface area contributed by atoms with Gasteiger partial charge >= 0.3 is 0 Å². The van der Waals surface area contributed by atoms with Gasteiger partial charge in [-0.05, 0) is 62.1 Å². The van der Waals surface area contributed by atoms with Crippen molar-refractivity contribution in [3.63, 3.8) is 0 Å². The highest BCUT2D eigenvalue weighted by atomic mass is 35.5. The molecular weight excluding hydrogens is 244 g/mol. The highest BCUT2D eigenvalue weighted by molar-refractivity contribution is 6.21. The van der Waals surface area contributed by atoms with E-state index in [9.17, 15) is 0 Å². The minimum Gasteiger partial charge on any atom is -0.373 e. The molecule has 1 fully saturated rings. The van der Waals surface area contributed by atoms with Crippen molar-refractivity contribution < 1.29 is 4.74 Å². The molecule has 3 rings (SSSR count). The van der Waals surface area contributed by atoms with Crippen LogP contribution in [0.25, 0.3) is 0 Å². The summed E-state index contributed by atoms with van der Waals surface area (Å²) in [5.74, 6) is 0. The number of hydrogen-bond acceptors (Lipinski definition) is 1. The van der Waals surface area contributed by atoms with Crippen molar-refractivity contribution in [3.05, 3.63) is 34.9 Å². The summed E-state index contributed by atoms with van der Waals surface area (Å²) in [6.45, 7) is 2.14. The zero-order valence-corrected chi connectivity index (χ0v) is 11.7. The SMILES string of the molecule is CC1CCC(C(Cl)c2ccc3c(c2)CCCC3)O1. The molecule has 1 aliphatic carbocycles. The van der Waals surface area contributed by atoms with Crippen molar-refractivity contribution in [2.24, 2.45) is 0 Å². The number of halogens is 1. The van der Waals surface area contributed by atoms with Crippen LogP contribution in [0.3, 0.4) is 0 Å². The zero-order chi connectivity index (χ0) is 12.5. The van der Waals surface area contributed by atoms with E-state index >= 15 is 0 Å². The number of aryl methyl sites for hydroxylation is 2. The van der Waals surface area contributed by atoms with Gasteiger partial charge in [-0.2, -0.15) is 0 Å². The maximum absolute atomic E-state index is 6.60. The zero-order valence-electron chi connectivity index (χ0n) is 11.0. The second kappa shape index (κ2) is 5.22. The lowest BCUT2D eigenvalue weighted by molar-refractivity contribution is 0.0533. The number of alkyl halides is 1. The standard InChI is InChI=1S/C16H21ClO/c1-11-6-9-15(18-11)16(17)14-8-7-12-4-2-3-5-13(12)10-14/h7-8,10-11,15-16H,2-6,9H2,1H3. The van der Waals surface area contributed by atoms with Crippen molar-refractivity contribution in [1.29, 1.82) is 0 Å². The third-order valence-corrected chi connectivity index (χ3v) is 4.82. The molecule has 0 saturated carbocycles. The van der Waals surface area contributed by atoms with Crippen LogP contribution in [0.2, 0.25) is 0 Å². The normalized spacial score (nSPS) is 29.0. The maximum atomic E-state index is 6.60. The molecule has 18 heavy (non-hydrogen) atoms. The third-order valence-electron chi connectivity index (χ3n) is 4.28. The van der Waals surface area contributed by atoms with Crippen molar-refractivity contribution in [2.45, 2.75) is 63.0 Å². The summed E-state index contributed by atoms with van der Waals surface area (Å²) in [6.07, 6.45) is 7.90. The van der Waals surface area contributed by atoms with Gasteiger partial charge in [-0.15, -0.1) is 11.6 Å². The van der Waals surface area contributed by atoms with Gasteiger partial charge in [0.1, 0.15) is 0 Å². The largest absolute Gasteiger partial charge is 0.373 e. The van der Waals surface area contributed by atoms with Gasteiger partial charge < -0.3 is 4.74 Å². The molecule has 0 radical (unpaired) electrons. The van der Waals surface area contributed by atoms with Crippen molar-refractivity contribution in [3.8, 4) is 0 Å². The highest BCUT2D eigenvalue weighted by Crippen LogP contribution is 2.36. The fraction of sp³-hybridized carbons (Fsp3) is 0.625. The summed E-state index contributed by atoms with van der Waals surface area (Å²) in [5, 5.41) is 0.0159. The third kappa shape index (κ3) is 2.44. The Balaban J connectivity index is 1.79. The van der Waals surface area contributed by atoms with Crippen LogP contribution in [0, 0.1) is 0 Å². The molecule has 0 bridgehead atoms. The van der Waals surface area contributed by atoms with Crippen LogP contribution in [0.4, 0.5) is 0 Å². The van der Waals surface area contributed by atoms with Crippen molar-refractivity contribution >= 4 is 11.6 Å². The lowest BCUT2D eigenvalue weighted by Gasteiger charge is -2.21. The van der Waals surface area contributed by atoms with Crippen LogP contribution in [-0.4, -0.2) is 12.2 Å². The molecule has 2 heteroatoms. The monoisotopic (exact) mass is 264 g/mol. The summed E-state index contributed by atoms with van der Waals surface area (Å²) in [6, 6.07) is 6.80. The van der Waals surface area contributed by atoms with Crippen molar-refractivity contribution in [2.75, 3.05) is 0 Å². The van der Waals surface area contributed by atoms with Gasteiger partial charge in [0.15, 0.2) is 0 Å². The van der Waals surface area contributed by atoms with Gasteiger partial charge in [-0.3, -0.25) is 0 Å². The van der Waals surface area contributed by atoms with Gasteiger partial charge in [0, 0.05) is 0 Å². The number of rotatable bonds is 2. The summed E-state index contributed by atoms with van der Waals surface area (Å²) in [7, 11) is 0. The first-order chi connectivity index (χ1) is 8.74. The molecule has 3 unspecified atom stereocenters. The van der Waals surface area contributed by atoms with Crippen LogP contribution >= 0.6 is 11.6 Å². The number of ether oxygens (including phenoxy) is 1. The van der Waals surface area contributed by atoms with Crippen LogP contribution in [0.5, 0.6) is 0 Å².